The van der Waals surface area contributed by atoms with Crippen LogP contribution in [-0.2, 0) is 16.0 Å². The Morgan fingerprint density at radius 3 is 2.58 bits per heavy atom. The van der Waals surface area contributed by atoms with Crippen molar-refractivity contribution in [1.82, 2.24) is 0 Å². The maximum Gasteiger partial charge on any atom is 0.227 e. The fourth-order valence-electron chi connectivity index (χ4n) is 2.94. The van der Waals surface area contributed by atoms with E-state index in [9.17, 15) is 9.59 Å². The van der Waals surface area contributed by atoms with E-state index in [4.69, 9.17) is 0 Å². The van der Waals surface area contributed by atoms with Crippen LogP contribution in [0.5, 0.6) is 0 Å². The molecule has 1 aliphatic heterocycles. The number of hydrogen-bond donors (Lipinski definition) is 1. The van der Waals surface area contributed by atoms with Crippen molar-refractivity contribution in [1.29, 1.82) is 0 Å². The number of anilines is 2. The molecule has 2 aromatic rings. The molecule has 1 fully saturated rings. The standard InChI is InChI=1S/C20H22N2O2/c1-15-8-10-16(11-9-15)12-13-19(23)21-17-5-2-3-6-18(17)22-14-4-7-20(22)24/h2-3,5-6,8-11H,4,7,12-14H2,1H3,(H,21,23). The molecule has 2 aromatic carbocycles. The van der Waals surface area contributed by atoms with Crippen molar-refractivity contribution < 1.29 is 9.59 Å². The first kappa shape index (κ1) is 16.2. The highest BCUT2D eigenvalue weighted by atomic mass is 16.2. The smallest absolute Gasteiger partial charge is 0.227 e. The van der Waals surface area contributed by atoms with Crippen molar-refractivity contribution in [2.24, 2.45) is 0 Å². The van der Waals surface area contributed by atoms with E-state index in [1.165, 1.54) is 5.56 Å². The molecule has 0 bridgehead atoms. The van der Waals surface area contributed by atoms with Gasteiger partial charge in [-0.1, -0.05) is 42.0 Å². The molecule has 0 aromatic heterocycles. The lowest BCUT2D eigenvalue weighted by molar-refractivity contribution is -0.117. The average Bonchev–Trinajstić information content (AvgIpc) is 3.01. The third-order valence-corrected chi connectivity index (χ3v) is 4.30. The van der Waals surface area contributed by atoms with E-state index in [1.54, 1.807) is 4.90 Å². The van der Waals surface area contributed by atoms with Crippen molar-refractivity contribution in [3.63, 3.8) is 0 Å². The van der Waals surface area contributed by atoms with E-state index in [-0.39, 0.29) is 11.8 Å². The molecule has 124 valence electrons. The third kappa shape index (κ3) is 3.82. The van der Waals surface area contributed by atoms with Crippen LogP contribution in [0.15, 0.2) is 48.5 Å². The van der Waals surface area contributed by atoms with Crippen molar-refractivity contribution >= 4 is 23.2 Å². The van der Waals surface area contributed by atoms with Crippen LogP contribution < -0.4 is 10.2 Å². The van der Waals surface area contributed by atoms with Gasteiger partial charge in [0.15, 0.2) is 0 Å². The van der Waals surface area contributed by atoms with E-state index >= 15 is 0 Å². The predicted molar refractivity (Wildman–Crippen MR) is 96.2 cm³/mol. The second kappa shape index (κ2) is 7.30. The maximum absolute atomic E-state index is 12.3. The summed E-state index contributed by atoms with van der Waals surface area (Å²) in [6.07, 6.45) is 2.58. The third-order valence-electron chi connectivity index (χ3n) is 4.30. The summed E-state index contributed by atoms with van der Waals surface area (Å²) in [5.74, 6) is 0.0889. The van der Waals surface area contributed by atoms with Gasteiger partial charge in [-0.05, 0) is 37.5 Å². The van der Waals surface area contributed by atoms with E-state index in [0.29, 0.717) is 24.9 Å². The first-order valence-electron chi connectivity index (χ1n) is 8.38. The summed E-state index contributed by atoms with van der Waals surface area (Å²) in [6.45, 7) is 2.77. The summed E-state index contributed by atoms with van der Waals surface area (Å²) in [5, 5.41) is 2.96. The maximum atomic E-state index is 12.3. The minimum Gasteiger partial charge on any atom is -0.324 e. The molecule has 1 N–H and O–H groups in total. The summed E-state index contributed by atoms with van der Waals surface area (Å²) in [5.41, 5.74) is 3.87. The Bertz CT molecular complexity index is 738. The van der Waals surface area contributed by atoms with E-state index in [1.807, 2.05) is 31.2 Å². The molecule has 1 heterocycles. The van der Waals surface area contributed by atoms with Gasteiger partial charge in [0, 0.05) is 19.4 Å². The zero-order chi connectivity index (χ0) is 16.9. The molecular formula is C20H22N2O2. The molecule has 0 aliphatic carbocycles. The number of hydrogen-bond acceptors (Lipinski definition) is 2. The van der Waals surface area contributed by atoms with Crippen LogP contribution >= 0.6 is 0 Å². The first-order valence-corrected chi connectivity index (χ1v) is 8.38. The number of rotatable bonds is 5. The highest BCUT2D eigenvalue weighted by molar-refractivity contribution is 6.02. The Kier molecular flexibility index (Phi) is 4.94. The van der Waals surface area contributed by atoms with Gasteiger partial charge in [-0.15, -0.1) is 0 Å². The molecule has 0 radical (unpaired) electrons. The van der Waals surface area contributed by atoms with Crippen molar-refractivity contribution in [2.45, 2.75) is 32.6 Å². The Balaban J connectivity index is 1.64. The molecule has 2 amide bonds. The fraction of sp³-hybridized carbons (Fsp3) is 0.300. The van der Waals surface area contributed by atoms with Gasteiger partial charge in [0.2, 0.25) is 11.8 Å². The number of carbonyl (C=O) groups is 2. The highest BCUT2D eigenvalue weighted by Gasteiger charge is 2.24. The number of para-hydroxylation sites is 2. The molecule has 24 heavy (non-hydrogen) atoms. The highest BCUT2D eigenvalue weighted by Crippen LogP contribution is 2.29. The zero-order valence-electron chi connectivity index (χ0n) is 13.9. The molecule has 4 heteroatoms. The Hall–Kier alpha value is -2.62. The van der Waals surface area contributed by atoms with Gasteiger partial charge in [-0.2, -0.15) is 0 Å². The minimum atomic E-state index is -0.0327. The molecule has 4 nitrogen and oxygen atoms in total. The Morgan fingerprint density at radius 1 is 1.12 bits per heavy atom. The average molecular weight is 322 g/mol. The number of aryl methyl sites for hydroxylation is 2. The summed E-state index contributed by atoms with van der Waals surface area (Å²) >= 11 is 0. The van der Waals surface area contributed by atoms with E-state index in [0.717, 1.165) is 24.2 Å². The molecule has 0 saturated carbocycles. The van der Waals surface area contributed by atoms with Gasteiger partial charge < -0.3 is 10.2 Å². The van der Waals surface area contributed by atoms with Gasteiger partial charge in [0.25, 0.3) is 0 Å². The fourth-order valence-corrected chi connectivity index (χ4v) is 2.94. The summed E-state index contributed by atoms with van der Waals surface area (Å²) < 4.78 is 0. The molecule has 1 aliphatic rings. The van der Waals surface area contributed by atoms with Crippen LogP contribution in [0, 0.1) is 6.92 Å². The second-order valence-corrected chi connectivity index (χ2v) is 6.20. The Morgan fingerprint density at radius 2 is 1.88 bits per heavy atom. The van der Waals surface area contributed by atoms with Crippen LogP contribution in [0.25, 0.3) is 0 Å². The summed E-state index contributed by atoms with van der Waals surface area (Å²) in [4.78, 5) is 26.0. The SMILES string of the molecule is Cc1ccc(CCC(=O)Nc2ccccc2N2CCCC2=O)cc1. The van der Waals surface area contributed by atoms with Gasteiger partial charge in [0.1, 0.15) is 0 Å². The van der Waals surface area contributed by atoms with Crippen LogP contribution in [0.1, 0.15) is 30.4 Å². The normalized spacial score (nSPS) is 14.0. The topological polar surface area (TPSA) is 49.4 Å². The number of carbonyl (C=O) groups excluding carboxylic acids is 2. The van der Waals surface area contributed by atoms with Crippen molar-refractivity contribution in [3.05, 3.63) is 59.7 Å². The van der Waals surface area contributed by atoms with Crippen LogP contribution in [0.2, 0.25) is 0 Å². The number of amides is 2. The van der Waals surface area contributed by atoms with Gasteiger partial charge >= 0.3 is 0 Å². The van der Waals surface area contributed by atoms with Crippen molar-refractivity contribution in [2.75, 3.05) is 16.8 Å². The van der Waals surface area contributed by atoms with E-state index < -0.39 is 0 Å². The number of nitrogens with zero attached hydrogens (tertiary/aromatic N) is 1. The van der Waals surface area contributed by atoms with Gasteiger partial charge in [0.05, 0.1) is 11.4 Å². The molecule has 1 saturated heterocycles. The quantitative estimate of drug-likeness (QED) is 0.912. The monoisotopic (exact) mass is 322 g/mol. The lowest BCUT2D eigenvalue weighted by atomic mass is 10.1. The number of nitrogens with one attached hydrogen (secondary N) is 1. The first-order chi connectivity index (χ1) is 11.6. The largest absolute Gasteiger partial charge is 0.324 e. The van der Waals surface area contributed by atoms with Gasteiger partial charge in [-0.25, -0.2) is 0 Å². The molecular weight excluding hydrogens is 300 g/mol. The minimum absolute atomic E-state index is 0.0327. The zero-order valence-corrected chi connectivity index (χ0v) is 13.9. The Labute approximate surface area is 142 Å². The molecule has 0 unspecified atom stereocenters. The van der Waals surface area contributed by atoms with Gasteiger partial charge in [-0.3, -0.25) is 9.59 Å². The molecule has 3 rings (SSSR count). The van der Waals surface area contributed by atoms with E-state index in [2.05, 4.69) is 29.6 Å². The predicted octanol–water partition coefficient (Wildman–Crippen LogP) is 3.69. The molecule has 0 spiro atoms. The lowest BCUT2D eigenvalue weighted by Gasteiger charge is -2.20. The number of benzene rings is 2. The summed E-state index contributed by atoms with van der Waals surface area (Å²) in [6, 6.07) is 15.7. The van der Waals surface area contributed by atoms with Crippen LogP contribution in [0.4, 0.5) is 11.4 Å². The van der Waals surface area contributed by atoms with Crippen LogP contribution in [-0.4, -0.2) is 18.4 Å². The molecule has 0 atom stereocenters. The van der Waals surface area contributed by atoms with Crippen molar-refractivity contribution in [3.8, 4) is 0 Å². The van der Waals surface area contributed by atoms with Crippen LogP contribution in [0.3, 0.4) is 0 Å². The lowest BCUT2D eigenvalue weighted by Crippen LogP contribution is -2.25. The summed E-state index contributed by atoms with van der Waals surface area (Å²) in [7, 11) is 0. The second-order valence-electron chi connectivity index (χ2n) is 6.20.